The third-order valence-electron chi connectivity index (χ3n) is 2.00. The van der Waals surface area contributed by atoms with E-state index in [1.807, 2.05) is 29.6 Å². The second-order valence-corrected chi connectivity index (χ2v) is 3.76. The largest absolute Gasteiger partial charge is 0.499 e. The quantitative estimate of drug-likeness (QED) is 0.818. The van der Waals surface area contributed by atoms with Crippen LogP contribution in [-0.2, 0) is 0 Å². The molecule has 1 aromatic heterocycles. The Morgan fingerprint density at radius 2 is 2.07 bits per heavy atom. The molecule has 0 saturated heterocycles. The van der Waals surface area contributed by atoms with Crippen LogP contribution >= 0.6 is 11.3 Å². The van der Waals surface area contributed by atoms with Gasteiger partial charge < -0.3 is 9.84 Å². The lowest BCUT2D eigenvalue weighted by Gasteiger charge is -2.05. The van der Waals surface area contributed by atoms with Crippen LogP contribution in [0, 0.1) is 0 Å². The average molecular weight is 206 g/mol. The second kappa shape index (κ2) is 3.72. The van der Waals surface area contributed by atoms with E-state index in [2.05, 4.69) is 0 Å². The fourth-order valence-electron chi connectivity index (χ4n) is 1.35. The summed E-state index contributed by atoms with van der Waals surface area (Å²) in [6.45, 7) is 0. The molecular weight excluding hydrogens is 196 g/mol. The first-order valence-corrected chi connectivity index (χ1v) is 5.10. The summed E-state index contributed by atoms with van der Waals surface area (Å²) in [4.78, 5) is 0. The fraction of sp³-hybridized carbons (Fsp3) is 0.0909. The molecule has 2 nitrogen and oxygen atoms in total. The molecule has 3 heteroatoms. The minimum Gasteiger partial charge on any atom is -0.499 e. The third kappa shape index (κ3) is 1.59. The predicted octanol–water partition coefficient (Wildman–Crippen LogP) is 3.13. The number of aromatic hydroxyl groups is 1. The van der Waals surface area contributed by atoms with E-state index in [4.69, 9.17) is 4.74 Å². The van der Waals surface area contributed by atoms with Gasteiger partial charge in [-0.05, 0) is 17.7 Å². The molecule has 0 bridgehead atoms. The van der Waals surface area contributed by atoms with Crippen molar-refractivity contribution in [2.75, 3.05) is 7.11 Å². The van der Waals surface area contributed by atoms with Gasteiger partial charge >= 0.3 is 0 Å². The molecule has 0 spiro atoms. The minimum atomic E-state index is 0.325. The Hall–Kier alpha value is -1.48. The van der Waals surface area contributed by atoms with Crippen molar-refractivity contribution < 1.29 is 9.84 Å². The molecule has 72 valence electrons. The zero-order valence-electron chi connectivity index (χ0n) is 7.73. The van der Waals surface area contributed by atoms with Crippen LogP contribution in [0.2, 0.25) is 0 Å². The van der Waals surface area contributed by atoms with Gasteiger partial charge in [0.2, 0.25) is 0 Å². The number of thiophene rings is 1. The number of hydrogen-bond acceptors (Lipinski definition) is 3. The molecule has 2 rings (SSSR count). The summed E-state index contributed by atoms with van der Waals surface area (Å²) < 4.78 is 5.23. The van der Waals surface area contributed by atoms with Crippen molar-refractivity contribution in [2.45, 2.75) is 0 Å². The van der Waals surface area contributed by atoms with Crippen molar-refractivity contribution in [2.24, 2.45) is 0 Å². The maximum absolute atomic E-state index is 9.26. The Kier molecular flexibility index (Phi) is 2.41. The highest BCUT2D eigenvalue weighted by atomic mass is 32.1. The third-order valence-corrected chi connectivity index (χ3v) is 2.73. The fourth-order valence-corrected chi connectivity index (χ4v) is 1.99. The molecule has 0 atom stereocenters. The lowest BCUT2D eigenvalue weighted by atomic mass is 10.1. The van der Waals surface area contributed by atoms with Gasteiger partial charge in [0.1, 0.15) is 5.75 Å². The summed E-state index contributed by atoms with van der Waals surface area (Å²) in [5.74, 6) is 0.824. The second-order valence-electron chi connectivity index (χ2n) is 2.87. The van der Waals surface area contributed by atoms with Crippen molar-refractivity contribution in [3.63, 3.8) is 0 Å². The van der Waals surface area contributed by atoms with Gasteiger partial charge in [0.25, 0.3) is 0 Å². The van der Waals surface area contributed by atoms with Gasteiger partial charge in [-0.2, -0.15) is 0 Å². The Bertz CT molecular complexity index is 434. The average Bonchev–Trinajstić information content (AvgIpc) is 2.65. The Labute approximate surface area is 86.4 Å². The smallest absolute Gasteiger partial charge is 0.171 e. The molecule has 0 aliphatic heterocycles. The van der Waals surface area contributed by atoms with Crippen LogP contribution in [0.1, 0.15) is 0 Å². The number of ether oxygens (including phenoxy) is 1. The summed E-state index contributed by atoms with van der Waals surface area (Å²) in [5, 5.41) is 11.5. The lowest BCUT2D eigenvalue weighted by Crippen LogP contribution is -1.85. The van der Waals surface area contributed by atoms with Gasteiger partial charge in [0.15, 0.2) is 5.06 Å². The van der Waals surface area contributed by atoms with Gasteiger partial charge in [0, 0.05) is 10.9 Å². The summed E-state index contributed by atoms with van der Waals surface area (Å²) in [5.41, 5.74) is 2.00. The van der Waals surface area contributed by atoms with E-state index in [9.17, 15) is 5.11 Å². The maximum Gasteiger partial charge on any atom is 0.171 e. The predicted molar refractivity (Wildman–Crippen MR) is 58.0 cm³/mol. The Morgan fingerprint density at radius 1 is 1.29 bits per heavy atom. The molecule has 0 saturated carbocycles. The first-order chi connectivity index (χ1) is 6.81. The number of benzene rings is 1. The number of para-hydroxylation sites is 1. The van der Waals surface area contributed by atoms with Crippen LogP contribution in [0.25, 0.3) is 11.1 Å². The van der Waals surface area contributed by atoms with E-state index < -0.39 is 0 Å². The molecule has 1 N–H and O–H groups in total. The molecule has 0 aliphatic rings. The first-order valence-electron chi connectivity index (χ1n) is 4.22. The van der Waals surface area contributed by atoms with Crippen molar-refractivity contribution in [3.05, 3.63) is 35.7 Å². The SMILES string of the molecule is COc1ccccc1-c1csc(O)c1. The van der Waals surface area contributed by atoms with Gasteiger partial charge in [-0.3, -0.25) is 0 Å². The van der Waals surface area contributed by atoms with Crippen LogP contribution in [0.15, 0.2) is 35.7 Å². The highest BCUT2D eigenvalue weighted by Gasteiger charge is 2.06. The van der Waals surface area contributed by atoms with Crippen LogP contribution in [-0.4, -0.2) is 12.2 Å². The highest BCUT2D eigenvalue weighted by molar-refractivity contribution is 7.12. The van der Waals surface area contributed by atoms with Crippen LogP contribution in [0.5, 0.6) is 10.8 Å². The molecule has 1 heterocycles. The van der Waals surface area contributed by atoms with E-state index >= 15 is 0 Å². The van der Waals surface area contributed by atoms with E-state index in [1.54, 1.807) is 13.2 Å². The van der Waals surface area contributed by atoms with E-state index in [1.165, 1.54) is 11.3 Å². The first kappa shape index (κ1) is 9.09. The maximum atomic E-state index is 9.26. The molecule has 0 fully saturated rings. The van der Waals surface area contributed by atoms with E-state index in [-0.39, 0.29) is 0 Å². The number of methoxy groups -OCH3 is 1. The lowest BCUT2D eigenvalue weighted by molar-refractivity contribution is 0.416. The summed E-state index contributed by atoms with van der Waals surface area (Å²) in [7, 11) is 1.64. The van der Waals surface area contributed by atoms with Crippen molar-refractivity contribution in [1.82, 2.24) is 0 Å². The molecule has 0 aliphatic carbocycles. The van der Waals surface area contributed by atoms with Crippen LogP contribution in [0.4, 0.5) is 0 Å². The van der Waals surface area contributed by atoms with Gasteiger partial charge in [0.05, 0.1) is 7.11 Å². The summed E-state index contributed by atoms with van der Waals surface area (Å²) >= 11 is 1.32. The van der Waals surface area contributed by atoms with Gasteiger partial charge in [-0.15, -0.1) is 11.3 Å². The standard InChI is InChI=1S/C11H10O2S/c1-13-10-5-3-2-4-9(10)8-6-11(12)14-7-8/h2-7,12H,1H3. The van der Waals surface area contributed by atoms with Crippen molar-refractivity contribution >= 4 is 11.3 Å². The molecule has 0 radical (unpaired) electrons. The minimum absolute atomic E-state index is 0.325. The molecule has 1 aromatic carbocycles. The van der Waals surface area contributed by atoms with Gasteiger partial charge in [-0.1, -0.05) is 18.2 Å². The zero-order chi connectivity index (χ0) is 9.97. The van der Waals surface area contributed by atoms with Crippen LogP contribution < -0.4 is 4.74 Å². The highest BCUT2D eigenvalue weighted by Crippen LogP contribution is 2.34. The van der Waals surface area contributed by atoms with E-state index in [0.717, 1.165) is 16.9 Å². The number of rotatable bonds is 2. The van der Waals surface area contributed by atoms with Crippen molar-refractivity contribution in [3.8, 4) is 21.9 Å². The molecule has 0 unspecified atom stereocenters. The molecule has 14 heavy (non-hydrogen) atoms. The molecule has 2 aromatic rings. The van der Waals surface area contributed by atoms with Crippen molar-refractivity contribution in [1.29, 1.82) is 0 Å². The summed E-state index contributed by atoms with van der Waals surface area (Å²) in [6.07, 6.45) is 0. The van der Waals surface area contributed by atoms with Gasteiger partial charge in [-0.25, -0.2) is 0 Å². The Morgan fingerprint density at radius 3 is 2.71 bits per heavy atom. The normalized spacial score (nSPS) is 10.1. The zero-order valence-corrected chi connectivity index (χ0v) is 8.54. The topological polar surface area (TPSA) is 29.5 Å². The summed E-state index contributed by atoms with van der Waals surface area (Å²) in [6, 6.07) is 9.49. The number of hydrogen-bond donors (Lipinski definition) is 1. The molecular formula is C11H10O2S. The molecule has 0 amide bonds. The Balaban J connectivity index is 2.50. The van der Waals surface area contributed by atoms with Crippen LogP contribution in [0.3, 0.4) is 0 Å². The monoisotopic (exact) mass is 206 g/mol. The van der Waals surface area contributed by atoms with E-state index in [0.29, 0.717) is 5.06 Å².